The fraction of sp³-hybridized carbons (Fsp3) is 0.500. The van der Waals surface area contributed by atoms with E-state index in [2.05, 4.69) is 10.1 Å². The molecule has 0 saturated carbocycles. The zero-order valence-corrected chi connectivity index (χ0v) is 11.9. The summed E-state index contributed by atoms with van der Waals surface area (Å²) in [6.07, 6.45) is 2.08. The summed E-state index contributed by atoms with van der Waals surface area (Å²) < 4.78 is 10.2. The van der Waals surface area contributed by atoms with Gasteiger partial charge in [-0.1, -0.05) is 0 Å². The first-order valence-corrected chi connectivity index (χ1v) is 7.02. The Hall–Kier alpha value is -1.80. The number of methoxy groups -OCH3 is 1. The van der Waals surface area contributed by atoms with E-state index in [9.17, 15) is 9.59 Å². The molecule has 1 atom stereocenters. The minimum Gasteiger partial charge on any atom is -0.465 e. The van der Waals surface area contributed by atoms with Crippen LogP contribution < -0.4 is 16.8 Å². The Labute approximate surface area is 120 Å². The van der Waals surface area contributed by atoms with E-state index < -0.39 is 11.9 Å². The van der Waals surface area contributed by atoms with Crippen molar-refractivity contribution in [3.05, 3.63) is 10.4 Å². The van der Waals surface area contributed by atoms with Crippen LogP contribution in [0, 0.1) is 0 Å². The van der Waals surface area contributed by atoms with Gasteiger partial charge in [0.2, 0.25) is 0 Å². The SMILES string of the molecule is COC(=O)c1c(NCC2CCCO2)sc(C(N)=O)c1N. The number of primary amides is 1. The summed E-state index contributed by atoms with van der Waals surface area (Å²) in [5.74, 6) is -1.26. The lowest BCUT2D eigenvalue weighted by Gasteiger charge is -2.11. The van der Waals surface area contributed by atoms with Gasteiger partial charge in [-0.2, -0.15) is 0 Å². The molecule has 2 heterocycles. The van der Waals surface area contributed by atoms with Gasteiger partial charge in [-0.3, -0.25) is 4.79 Å². The molecule has 0 aromatic carbocycles. The van der Waals surface area contributed by atoms with Crippen LogP contribution in [0.25, 0.3) is 0 Å². The van der Waals surface area contributed by atoms with Gasteiger partial charge in [0.05, 0.1) is 18.9 Å². The lowest BCUT2D eigenvalue weighted by Crippen LogP contribution is -2.19. The molecule has 1 amide bonds. The summed E-state index contributed by atoms with van der Waals surface area (Å²) in [6.45, 7) is 1.29. The van der Waals surface area contributed by atoms with E-state index in [1.54, 1.807) is 0 Å². The van der Waals surface area contributed by atoms with Crippen LogP contribution in [0.1, 0.15) is 32.9 Å². The molecule has 1 aromatic rings. The molecule has 1 saturated heterocycles. The van der Waals surface area contributed by atoms with Crippen LogP contribution >= 0.6 is 11.3 Å². The molecular formula is C12H17N3O4S. The van der Waals surface area contributed by atoms with Gasteiger partial charge >= 0.3 is 5.97 Å². The minimum absolute atomic E-state index is 0.0594. The fourth-order valence-corrected chi connectivity index (χ4v) is 3.04. The first-order valence-electron chi connectivity index (χ1n) is 6.20. The lowest BCUT2D eigenvalue weighted by molar-refractivity contribution is 0.0603. The summed E-state index contributed by atoms with van der Waals surface area (Å²) in [4.78, 5) is 23.2. The second-order valence-corrected chi connectivity index (χ2v) is 5.44. The number of thiophene rings is 1. The van der Waals surface area contributed by atoms with Crippen LogP contribution in [0.2, 0.25) is 0 Å². The first-order chi connectivity index (χ1) is 9.54. The van der Waals surface area contributed by atoms with Crippen LogP contribution in [0.5, 0.6) is 0 Å². The highest BCUT2D eigenvalue weighted by molar-refractivity contribution is 7.19. The number of esters is 1. The number of amides is 1. The summed E-state index contributed by atoms with van der Waals surface area (Å²) in [5, 5.41) is 3.58. The largest absolute Gasteiger partial charge is 0.465 e. The van der Waals surface area contributed by atoms with Crippen molar-refractivity contribution in [1.82, 2.24) is 0 Å². The third-order valence-electron chi connectivity index (χ3n) is 3.07. The predicted octanol–water partition coefficient (Wildman–Crippen LogP) is 0.807. The van der Waals surface area contributed by atoms with Crippen LogP contribution in [0.3, 0.4) is 0 Å². The molecule has 1 fully saturated rings. The number of carbonyl (C=O) groups excluding carboxylic acids is 2. The zero-order valence-electron chi connectivity index (χ0n) is 11.1. The summed E-state index contributed by atoms with van der Waals surface area (Å²) in [5.41, 5.74) is 11.3. The number of nitrogens with one attached hydrogen (secondary N) is 1. The molecule has 110 valence electrons. The van der Waals surface area contributed by atoms with Gasteiger partial charge < -0.3 is 26.3 Å². The van der Waals surface area contributed by atoms with Crippen molar-refractivity contribution in [3.8, 4) is 0 Å². The topological polar surface area (TPSA) is 117 Å². The Balaban J connectivity index is 2.22. The summed E-state index contributed by atoms with van der Waals surface area (Å²) in [6, 6.07) is 0. The zero-order chi connectivity index (χ0) is 14.7. The number of rotatable bonds is 5. The van der Waals surface area contributed by atoms with E-state index in [0.29, 0.717) is 11.5 Å². The van der Waals surface area contributed by atoms with E-state index in [1.165, 1.54) is 7.11 Å². The highest BCUT2D eigenvalue weighted by Gasteiger charge is 2.26. The lowest BCUT2D eigenvalue weighted by atomic mass is 10.2. The Morgan fingerprint density at radius 3 is 2.85 bits per heavy atom. The van der Waals surface area contributed by atoms with Crippen molar-refractivity contribution in [2.45, 2.75) is 18.9 Å². The monoisotopic (exact) mass is 299 g/mol. The van der Waals surface area contributed by atoms with E-state index >= 15 is 0 Å². The molecule has 1 aliphatic rings. The highest BCUT2D eigenvalue weighted by atomic mass is 32.1. The quantitative estimate of drug-likeness (QED) is 0.693. The maximum Gasteiger partial charge on any atom is 0.343 e. The number of ether oxygens (including phenoxy) is 2. The number of anilines is 2. The molecule has 1 aromatic heterocycles. The van der Waals surface area contributed by atoms with Gasteiger partial charge in [0.25, 0.3) is 5.91 Å². The molecule has 7 nitrogen and oxygen atoms in total. The molecule has 1 unspecified atom stereocenters. The predicted molar refractivity (Wildman–Crippen MR) is 76.1 cm³/mol. The first kappa shape index (κ1) is 14.6. The molecule has 0 spiro atoms. The second-order valence-electron chi connectivity index (χ2n) is 4.42. The van der Waals surface area contributed by atoms with Crippen molar-refractivity contribution >= 4 is 33.9 Å². The van der Waals surface area contributed by atoms with Crippen LogP contribution in [-0.4, -0.2) is 38.2 Å². The Morgan fingerprint density at radius 2 is 2.30 bits per heavy atom. The van der Waals surface area contributed by atoms with Gasteiger partial charge in [-0.05, 0) is 12.8 Å². The third kappa shape index (κ3) is 2.86. The van der Waals surface area contributed by atoms with E-state index in [4.69, 9.17) is 16.2 Å². The Kier molecular flexibility index (Phi) is 4.46. The molecule has 5 N–H and O–H groups in total. The Bertz CT molecular complexity index is 523. The van der Waals surface area contributed by atoms with Crippen LogP contribution in [-0.2, 0) is 9.47 Å². The van der Waals surface area contributed by atoms with Gasteiger partial charge in [-0.25, -0.2) is 4.79 Å². The van der Waals surface area contributed by atoms with Crippen molar-refractivity contribution in [2.24, 2.45) is 5.73 Å². The molecule has 20 heavy (non-hydrogen) atoms. The number of hydrogen-bond acceptors (Lipinski definition) is 7. The maximum atomic E-state index is 11.8. The summed E-state index contributed by atoms with van der Waals surface area (Å²) >= 11 is 1.05. The standard InChI is InChI=1S/C12H17N3O4S/c1-18-12(17)7-8(13)9(10(14)16)20-11(7)15-5-6-3-2-4-19-6/h6,15H,2-5,13H2,1H3,(H2,14,16). The molecule has 8 heteroatoms. The van der Waals surface area contributed by atoms with Gasteiger partial charge in [0.1, 0.15) is 15.4 Å². The van der Waals surface area contributed by atoms with Crippen molar-refractivity contribution in [2.75, 3.05) is 31.3 Å². The van der Waals surface area contributed by atoms with Gasteiger partial charge in [0, 0.05) is 13.2 Å². The maximum absolute atomic E-state index is 11.8. The van der Waals surface area contributed by atoms with Crippen molar-refractivity contribution in [3.63, 3.8) is 0 Å². The number of nitrogen functional groups attached to an aromatic ring is 1. The average Bonchev–Trinajstić information content (AvgIpc) is 3.03. The number of carbonyl (C=O) groups is 2. The molecule has 2 rings (SSSR count). The van der Waals surface area contributed by atoms with E-state index in [1.807, 2.05) is 0 Å². The van der Waals surface area contributed by atoms with Crippen LogP contribution in [0.4, 0.5) is 10.7 Å². The van der Waals surface area contributed by atoms with Crippen molar-refractivity contribution in [1.29, 1.82) is 0 Å². The molecule has 0 aliphatic carbocycles. The Morgan fingerprint density at radius 1 is 1.55 bits per heavy atom. The minimum atomic E-state index is -0.664. The van der Waals surface area contributed by atoms with Crippen molar-refractivity contribution < 1.29 is 19.1 Å². The number of hydrogen-bond donors (Lipinski definition) is 3. The normalized spacial score (nSPS) is 17.9. The second kappa shape index (κ2) is 6.10. The molecule has 1 aliphatic heterocycles. The average molecular weight is 299 g/mol. The van der Waals surface area contributed by atoms with Gasteiger partial charge in [0.15, 0.2) is 0 Å². The molecular weight excluding hydrogens is 282 g/mol. The summed E-state index contributed by atoms with van der Waals surface area (Å²) in [7, 11) is 1.26. The fourth-order valence-electron chi connectivity index (χ4n) is 2.07. The third-order valence-corrected chi connectivity index (χ3v) is 4.25. The van der Waals surface area contributed by atoms with E-state index in [-0.39, 0.29) is 22.2 Å². The molecule has 0 bridgehead atoms. The highest BCUT2D eigenvalue weighted by Crippen LogP contribution is 2.36. The van der Waals surface area contributed by atoms with Crippen LogP contribution in [0.15, 0.2) is 0 Å². The smallest absolute Gasteiger partial charge is 0.343 e. The molecule has 0 radical (unpaired) electrons. The van der Waals surface area contributed by atoms with Gasteiger partial charge in [-0.15, -0.1) is 11.3 Å². The van der Waals surface area contributed by atoms with E-state index in [0.717, 1.165) is 30.8 Å². The number of nitrogens with two attached hydrogens (primary N) is 2.